The standard InChI is InChI=1S/C18H15BrN2O3/c19-15(10-13-4-2-1-3-5-13)12-20-21-18(22)14-6-7-16-17(11-14)24-9-8-23-16/h1-7,10-12H,8-9H2,(H,21,22)/b15-10-,20-12+. The third kappa shape index (κ3) is 4.23. The molecule has 0 saturated heterocycles. The Balaban J connectivity index is 1.62. The maximum Gasteiger partial charge on any atom is 0.271 e. The molecule has 2 aromatic rings. The van der Waals surface area contributed by atoms with Gasteiger partial charge in [0.05, 0.1) is 6.21 Å². The molecule has 0 bridgehead atoms. The van der Waals surface area contributed by atoms with Gasteiger partial charge in [-0.25, -0.2) is 5.43 Å². The molecule has 1 heterocycles. The average Bonchev–Trinajstić information content (AvgIpc) is 2.62. The summed E-state index contributed by atoms with van der Waals surface area (Å²) in [5.41, 5.74) is 3.98. The number of nitrogens with zero attached hydrogens (tertiary/aromatic N) is 1. The maximum atomic E-state index is 12.1. The lowest BCUT2D eigenvalue weighted by Crippen LogP contribution is -2.19. The van der Waals surface area contributed by atoms with Crippen molar-refractivity contribution >= 4 is 34.1 Å². The number of allylic oxidation sites excluding steroid dienone is 1. The van der Waals surface area contributed by atoms with Crippen LogP contribution in [-0.4, -0.2) is 25.3 Å². The fraction of sp³-hybridized carbons (Fsp3) is 0.111. The van der Waals surface area contributed by atoms with E-state index in [2.05, 4.69) is 26.5 Å². The zero-order chi connectivity index (χ0) is 16.8. The molecule has 1 N–H and O–H groups in total. The molecule has 122 valence electrons. The summed E-state index contributed by atoms with van der Waals surface area (Å²) in [6.07, 6.45) is 3.43. The van der Waals surface area contributed by atoms with Crippen LogP contribution in [0, 0.1) is 0 Å². The Kier molecular flexibility index (Phi) is 5.28. The Morgan fingerprint density at radius 2 is 1.83 bits per heavy atom. The highest BCUT2D eigenvalue weighted by molar-refractivity contribution is 9.12. The summed E-state index contributed by atoms with van der Waals surface area (Å²) in [6.45, 7) is 0.998. The van der Waals surface area contributed by atoms with Gasteiger partial charge in [0.2, 0.25) is 0 Å². The largest absolute Gasteiger partial charge is 0.486 e. The van der Waals surface area contributed by atoms with Gasteiger partial charge in [-0.1, -0.05) is 30.3 Å². The quantitative estimate of drug-likeness (QED) is 0.644. The summed E-state index contributed by atoms with van der Waals surface area (Å²) in [6, 6.07) is 14.8. The number of fused-ring (bicyclic) bond motifs is 1. The van der Waals surface area contributed by atoms with E-state index in [1.165, 1.54) is 6.21 Å². The molecule has 0 aromatic heterocycles. The third-order valence-electron chi connectivity index (χ3n) is 3.26. The molecule has 1 aliphatic heterocycles. The number of ether oxygens (including phenoxy) is 2. The van der Waals surface area contributed by atoms with E-state index < -0.39 is 0 Å². The number of nitrogens with one attached hydrogen (secondary N) is 1. The van der Waals surface area contributed by atoms with Gasteiger partial charge in [-0.15, -0.1) is 0 Å². The molecule has 0 aliphatic carbocycles. The molecule has 6 heteroatoms. The first kappa shape index (κ1) is 16.3. The van der Waals surface area contributed by atoms with Crippen molar-refractivity contribution in [1.29, 1.82) is 0 Å². The number of halogens is 1. The van der Waals surface area contributed by atoms with Crippen LogP contribution >= 0.6 is 15.9 Å². The van der Waals surface area contributed by atoms with Crippen molar-refractivity contribution in [3.05, 3.63) is 64.1 Å². The van der Waals surface area contributed by atoms with Crippen LogP contribution in [0.4, 0.5) is 0 Å². The molecule has 1 amide bonds. The van der Waals surface area contributed by atoms with Crippen LogP contribution < -0.4 is 14.9 Å². The number of hydrazone groups is 1. The lowest BCUT2D eigenvalue weighted by atomic mass is 10.2. The van der Waals surface area contributed by atoms with E-state index in [1.54, 1.807) is 18.2 Å². The van der Waals surface area contributed by atoms with Crippen LogP contribution in [0.5, 0.6) is 11.5 Å². The second kappa shape index (κ2) is 7.79. The van der Waals surface area contributed by atoms with Crippen molar-refractivity contribution < 1.29 is 14.3 Å². The van der Waals surface area contributed by atoms with Crippen LogP contribution in [0.3, 0.4) is 0 Å². The number of amides is 1. The molecule has 0 saturated carbocycles. The first-order chi connectivity index (χ1) is 11.7. The second-order valence-electron chi connectivity index (χ2n) is 5.00. The highest BCUT2D eigenvalue weighted by Gasteiger charge is 2.14. The highest BCUT2D eigenvalue weighted by Crippen LogP contribution is 2.30. The SMILES string of the molecule is O=C(N/N=C/C(Br)=C/c1ccccc1)c1ccc2c(c1)OCCO2. The van der Waals surface area contributed by atoms with Crippen LogP contribution in [0.2, 0.25) is 0 Å². The summed E-state index contributed by atoms with van der Waals surface area (Å²) in [4.78, 5) is 12.1. The van der Waals surface area contributed by atoms with E-state index in [9.17, 15) is 4.79 Å². The van der Waals surface area contributed by atoms with Crippen molar-refractivity contribution in [2.75, 3.05) is 13.2 Å². The van der Waals surface area contributed by atoms with E-state index in [0.29, 0.717) is 30.3 Å². The summed E-state index contributed by atoms with van der Waals surface area (Å²) in [7, 11) is 0. The fourth-order valence-corrected chi connectivity index (χ4v) is 2.51. The molecular weight excluding hydrogens is 372 g/mol. The predicted molar refractivity (Wildman–Crippen MR) is 96.7 cm³/mol. The summed E-state index contributed by atoms with van der Waals surface area (Å²) < 4.78 is 11.6. The monoisotopic (exact) mass is 386 g/mol. The molecule has 2 aromatic carbocycles. The zero-order valence-electron chi connectivity index (χ0n) is 12.7. The van der Waals surface area contributed by atoms with Crippen molar-refractivity contribution in [3.63, 3.8) is 0 Å². The van der Waals surface area contributed by atoms with E-state index in [0.717, 1.165) is 10.0 Å². The van der Waals surface area contributed by atoms with Crippen molar-refractivity contribution in [2.24, 2.45) is 5.10 Å². The van der Waals surface area contributed by atoms with Gasteiger partial charge in [-0.3, -0.25) is 4.79 Å². The van der Waals surface area contributed by atoms with E-state index in [1.807, 2.05) is 36.4 Å². The Labute approximate surface area is 148 Å². The van der Waals surface area contributed by atoms with Gasteiger partial charge in [0.1, 0.15) is 13.2 Å². The molecule has 0 atom stereocenters. The smallest absolute Gasteiger partial charge is 0.271 e. The first-order valence-corrected chi connectivity index (χ1v) is 8.17. The topological polar surface area (TPSA) is 59.9 Å². The minimum absolute atomic E-state index is 0.316. The Morgan fingerprint density at radius 3 is 2.62 bits per heavy atom. The minimum Gasteiger partial charge on any atom is -0.486 e. The number of hydrogen-bond acceptors (Lipinski definition) is 4. The minimum atomic E-state index is -0.316. The van der Waals surface area contributed by atoms with E-state index in [-0.39, 0.29) is 5.91 Å². The number of carbonyl (C=O) groups is 1. The van der Waals surface area contributed by atoms with Crippen molar-refractivity contribution in [3.8, 4) is 11.5 Å². The predicted octanol–water partition coefficient (Wildman–Crippen LogP) is 3.61. The van der Waals surface area contributed by atoms with Gasteiger partial charge in [0.25, 0.3) is 5.91 Å². The number of carbonyl (C=O) groups excluding carboxylic acids is 1. The molecule has 0 radical (unpaired) electrons. The Hall–Kier alpha value is -2.60. The maximum absolute atomic E-state index is 12.1. The summed E-state index contributed by atoms with van der Waals surface area (Å²) in [5, 5.41) is 3.94. The molecule has 0 unspecified atom stereocenters. The van der Waals surface area contributed by atoms with Crippen LogP contribution in [0.15, 0.2) is 58.1 Å². The van der Waals surface area contributed by atoms with Crippen LogP contribution in [-0.2, 0) is 0 Å². The van der Waals surface area contributed by atoms with Crippen LogP contribution in [0.25, 0.3) is 6.08 Å². The molecule has 1 aliphatic rings. The molecular formula is C18H15BrN2O3. The van der Waals surface area contributed by atoms with Gasteiger partial charge in [0, 0.05) is 10.0 Å². The lowest BCUT2D eigenvalue weighted by molar-refractivity contribution is 0.0954. The molecule has 0 fully saturated rings. The normalized spacial score (nSPS) is 13.8. The first-order valence-electron chi connectivity index (χ1n) is 7.38. The average molecular weight is 387 g/mol. The molecule has 3 rings (SSSR count). The zero-order valence-corrected chi connectivity index (χ0v) is 14.3. The molecule has 5 nitrogen and oxygen atoms in total. The van der Waals surface area contributed by atoms with E-state index in [4.69, 9.17) is 9.47 Å². The van der Waals surface area contributed by atoms with Gasteiger partial charge < -0.3 is 9.47 Å². The number of rotatable bonds is 4. The number of benzene rings is 2. The van der Waals surface area contributed by atoms with Crippen molar-refractivity contribution in [1.82, 2.24) is 5.43 Å². The Morgan fingerprint density at radius 1 is 1.08 bits per heavy atom. The summed E-state index contributed by atoms with van der Waals surface area (Å²) >= 11 is 3.39. The van der Waals surface area contributed by atoms with E-state index >= 15 is 0 Å². The Bertz CT molecular complexity index is 788. The summed E-state index contributed by atoms with van der Waals surface area (Å²) in [5.74, 6) is 0.904. The fourth-order valence-electron chi connectivity index (χ4n) is 2.15. The number of hydrogen-bond donors (Lipinski definition) is 1. The third-order valence-corrected chi connectivity index (χ3v) is 3.70. The lowest BCUT2D eigenvalue weighted by Gasteiger charge is -2.18. The second-order valence-corrected chi connectivity index (χ2v) is 5.91. The van der Waals surface area contributed by atoms with Crippen LogP contribution in [0.1, 0.15) is 15.9 Å². The van der Waals surface area contributed by atoms with Gasteiger partial charge in [-0.2, -0.15) is 5.10 Å². The van der Waals surface area contributed by atoms with Gasteiger partial charge in [-0.05, 0) is 45.8 Å². The molecule has 24 heavy (non-hydrogen) atoms. The highest BCUT2D eigenvalue weighted by atomic mass is 79.9. The van der Waals surface area contributed by atoms with Gasteiger partial charge in [0.15, 0.2) is 11.5 Å². The molecule has 0 spiro atoms. The van der Waals surface area contributed by atoms with Gasteiger partial charge >= 0.3 is 0 Å². The van der Waals surface area contributed by atoms with Crippen molar-refractivity contribution in [2.45, 2.75) is 0 Å².